The van der Waals surface area contributed by atoms with Crippen LogP contribution >= 0.6 is 12.4 Å². The van der Waals surface area contributed by atoms with Gasteiger partial charge in [-0.05, 0) is 25.0 Å². The lowest BCUT2D eigenvalue weighted by Crippen LogP contribution is -1.94. The van der Waals surface area contributed by atoms with Crippen molar-refractivity contribution in [2.75, 3.05) is 5.73 Å². The first-order valence-corrected chi connectivity index (χ1v) is 4.97. The molecule has 2 heterocycles. The van der Waals surface area contributed by atoms with Crippen molar-refractivity contribution in [3.63, 3.8) is 0 Å². The van der Waals surface area contributed by atoms with E-state index in [2.05, 4.69) is 20.2 Å². The maximum atomic E-state index is 5.59. The number of nitrogen functional groups attached to an aromatic ring is 1. The lowest BCUT2D eigenvalue weighted by Gasteiger charge is -1.94. The molecule has 3 N–H and O–H groups in total. The van der Waals surface area contributed by atoms with Crippen molar-refractivity contribution < 1.29 is 0 Å². The second kappa shape index (κ2) is 4.09. The Balaban J connectivity index is 0.000000963. The summed E-state index contributed by atoms with van der Waals surface area (Å²) in [4.78, 5) is 8.25. The van der Waals surface area contributed by atoms with Gasteiger partial charge in [0, 0.05) is 17.8 Å². The summed E-state index contributed by atoms with van der Waals surface area (Å²) in [5, 5.41) is 7.20. The Labute approximate surface area is 98.9 Å². The lowest BCUT2D eigenvalue weighted by molar-refractivity contribution is 0.963. The molecule has 5 nitrogen and oxygen atoms in total. The van der Waals surface area contributed by atoms with Crippen LogP contribution in [0.15, 0.2) is 18.3 Å². The van der Waals surface area contributed by atoms with E-state index in [1.807, 2.05) is 6.07 Å². The Kier molecular flexibility index (Phi) is 2.78. The molecule has 0 aliphatic heterocycles. The quantitative estimate of drug-likeness (QED) is 0.834. The predicted molar refractivity (Wildman–Crippen MR) is 63.2 cm³/mol. The number of nitrogens with one attached hydrogen (secondary N) is 1. The van der Waals surface area contributed by atoms with Crippen LogP contribution in [0.2, 0.25) is 0 Å². The number of aromatic nitrogens is 4. The van der Waals surface area contributed by atoms with Crippen molar-refractivity contribution in [2.45, 2.75) is 18.8 Å². The fraction of sp³-hybridized carbons (Fsp3) is 0.300. The van der Waals surface area contributed by atoms with Crippen molar-refractivity contribution in [2.24, 2.45) is 0 Å². The molecule has 0 aromatic carbocycles. The summed E-state index contributed by atoms with van der Waals surface area (Å²) >= 11 is 0. The summed E-state index contributed by atoms with van der Waals surface area (Å²) in [6.07, 6.45) is 4.14. The Morgan fingerprint density at radius 3 is 2.88 bits per heavy atom. The van der Waals surface area contributed by atoms with Gasteiger partial charge in [-0.1, -0.05) is 0 Å². The maximum Gasteiger partial charge on any atom is 0.182 e. The predicted octanol–water partition coefficient (Wildman–Crippen LogP) is 1.75. The molecular weight excluding hydrogens is 226 g/mol. The zero-order valence-electron chi connectivity index (χ0n) is 8.55. The fourth-order valence-electron chi connectivity index (χ4n) is 1.55. The molecule has 16 heavy (non-hydrogen) atoms. The molecule has 84 valence electrons. The van der Waals surface area contributed by atoms with Crippen LogP contribution in [0.4, 0.5) is 5.82 Å². The van der Waals surface area contributed by atoms with Gasteiger partial charge < -0.3 is 5.73 Å². The molecule has 0 unspecified atom stereocenters. The molecule has 0 radical (unpaired) electrons. The largest absolute Gasteiger partial charge is 0.384 e. The SMILES string of the molecule is Cl.Nc1ccnc(-c2cc(C3CC3)[nH]n2)n1. The van der Waals surface area contributed by atoms with Crippen molar-refractivity contribution in [3.8, 4) is 11.5 Å². The van der Waals surface area contributed by atoms with E-state index < -0.39 is 0 Å². The summed E-state index contributed by atoms with van der Waals surface area (Å²) in [6, 6.07) is 3.67. The van der Waals surface area contributed by atoms with E-state index in [4.69, 9.17) is 5.73 Å². The molecule has 0 saturated heterocycles. The van der Waals surface area contributed by atoms with Gasteiger partial charge >= 0.3 is 0 Å². The van der Waals surface area contributed by atoms with Crippen LogP contribution in [0, 0.1) is 0 Å². The number of rotatable bonds is 2. The average molecular weight is 238 g/mol. The third-order valence-corrected chi connectivity index (χ3v) is 2.52. The van der Waals surface area contributed by atoms with Gasteiger partial charge in [0.05, 0.1) is 0 Å². The van der Waals surface area contributed by atoms with Gasteiger partial charge in [0.25, 0.3) is 0 Å². The van der Waals surface area contributed by atoms with Crippen molar-refractivity contribution in [1.29, 1.82) is 0 Å². The van der Waals surface area contributed by atoms with E-state index >= 15 is 0 Å². The monoisotopic (exact) mass is 237 g/mol. The van der Waals surface area contributed by atoms with E-state index in [0.29, 0.717) is 17.6 Å². The van der Waals surface area contributed by atoms with E-state index in [0.717, 1.165) is 5.69 Å². The highest BCUT2D eigenvalue weighted by Gasteiger charge is 2.25. The first-order chi connectivity index (χ1) is 7.33. The summed E-state index contributed by atoms with van der Waals surface area (Å²) in [6.45, 7) is 0. The van der Waals surface area contributed by atoms with Gasteiger partial charge in [0.15, 0.2) is 5.82 Å². The molecule has 1 aliphatic rings. The zero-order valence-corrected chi connectivity index (χ0v) is 9.37. The summed E-state index contributed by atoms with van der Waals surface area (Å²) in [5.41, 5.74) is 7.53. The number of nitrogens with zero attached hydrogens (tertiary/aromatic N) is 3. The van der Waals surface area contributed by atoms with E-state index in [-0.39, 0.29) is 12.4 Å². The summed E-state index contributed by atoms with van der Waals surface area (Å²) in [7, 11) is 0. The molecule has 6 heteroatoms. The van der Waals surface area contributed by atoms with E-state index in [1.165, 1.54) is 18.5 Å². The van der Waals surface area contributed by atoms with Crippen LogP contribution in [0.3, 0.4) is 0 Å². The molecule has 0 bridgehead atoms. The number of hydrogen-bond acceptors (Lipinski definition) is 4. The van der Waals surface area contributed by atoms with E-state index in [1.54, 1.807) is 12.3 Å². The zero-order chi connectivity index (χ0) is 10.3. The average Bonchev–Trinajstić information content (AvgIpc) is 2.97. The normalized spacial score (nSPS) is 14.5. The number of halogens is 1. The Morgan fingerprint density at radius 2 is 2.19 bits per heavy atom. The molecule has 0 atom stereocenters. The molecule has 3 rings (SSSR count). The first-order valence-electron chi connectivity index (χ1n) is 4.97. The van der Waals surface area contributed by atoms with Gasteiger partial charge in [0.2, 0.25) is 0 Å². The van der Waals surface area contributed by atoms with Gasteiger partial charge in [0.1, 0.15) is 11.5 Å². The molecular formula is C10H12ClN5. The fourth-order valence-corrected chi connectivity index (χ4v) is 1.55. The van der Waals surface area contributed by atoms with Crippen molar-refractivity contribution in [1.82, 2.24) is 20.2 Å². The Bertz CT molecular complexity index is 491. The second-order valence-corrected chi connectivity index (χ2v) is 3.79. The Hall–Kier alpha value is -1.62. The topological polar surface area (TPSA) is 80.5 Å². The summed E-state index contributed by atoms with van der Waals surface area (Å²) in [5.74, 6) is 1.71. The number of anilines is 1. The van der Waals surface area contributed by atoms with Crippen LogP contribution < -0.4 is 5.73 Å². The highest BCUT2D eigenvalue weighted by molar-refractivity contribution is 5.85. The van der Waals surface area contributed by atoms with Crippen LogP contribution in [0.5, 0.6) is 0 Å². The molecule has 0 amide bonds. The molecule has 2 aromatic heterocycles. The minimum Gasteiger partial charge on any atom is -0.384 e. The van der Waals surface area contributed by atoms with Crippen molar-refractivity contribution in [3.05, 3.63) is 24.0 Å². The lowest BCUT2D eigenvalue weighted by atomic mass is 10.2. The third-order valence-electron chi connectivity index (χ3n) is 2.52. The molecule has 2 aromatic rings. The molecule has 0 spiro atoms. The molecule has 1 aliphatic carbocycles. The number of aromatic amines is 1. The first kappa shape index (κ1) is 10.9. The minimum atomic E-state index is 0. The highest BCUT2D eigenvalue weighted by atomic mass is 35.5. The van der Waals surface area contributed by atoms with Crippen LogP contribution in [0.1, 0.15) is 24.5 Å². The Morgan fingerprint density at radius 1 is 1.38 bits per heavy atom. The van der Waals surface area contributed by atoms with Gasteiger partial charge in [-0.3, -0.25) is 5.10 Å². The van der Waals surface area contributed by atoms with Crippen LogP contribution in [-0.2, 0) is 0 Å². The molecule has 1 fully saturated rings. The summed E-state index contributed by atoms with van der Waals surface area (Å²) < 4.78 is 0. The van der Waals surface area contributed by atoms with Gasteiger partial charge in [-0.2, -0.15) is 5.10 Å². The number of H-pyrrole nitrogens is 1. The second-order valence-electron chi connectivity index (χ2n) is 3.79. The standard InChI is InChI=1S/C10H11N5.ClH/c11-9-3-4-12-10(13-9)8-5-7(14-15-8)6-1-2-6;/h3-6H,1-2H2,(H,14,15)(H2,11,12,13);1H. The highest BCUT2D eigenvalue weighted by Crippen LogP contribution is 2.39. The number of nitrogens with two attached hydrogens (primary N) is 1. The van der Waals surface area contributed by atoms with Gasteiger partial charge in [-0.15, -0.1) is 12.4 Å². The van der Waals surface area contributed by atoms with E-state index in [9.17, 15) is 0 Å². The minimum absolute atomic E-state index is 0. The molecule has 1 saturated carbocycles. The van der Waals surface area contributed by atoms with Crippen molar-refractivity contribution >= 4 is 18.2 Å². The van der Waals surface area contributed by atoms with Gasteiger partial charge in [-0.25, -0.2) is 9.97 Å². The smallest absolute Gasteiger partial charge is 0.182 e. The number of hydrogen-bond donors (Lipinski definition) is 2. The van der Waals surface area contributed by atoms with Crippen LogP contribution in [0.25, 0.3) is 11.5 Å². The van der Waals surface area contributed by atoms with Crippen LogP contribution in [-0.4, -0.2) is 20.2 Å². The maximum absolute atomic E-state index is 5.59. The third kappa shape index (κ3) is 1.99.